The molecule has 7 heteroatoms. The molecule has 1 N–H and O–H groups in total. The quantitative estimate of drug-likeness (QED) is 0.553. The van der Waals surface area contributed by atoms with Crippen molar-refractivity contribution in [3.8, 4) is 0 Å². The Morgan fingerprint density at radius 3 is 2.21 bits per heavy atom. The summed E-state index contributed by atoms with van der Waals surface area (Å²) >= 11 is 5.05. The SMILES string of the molecule is CN(C)C(=S)N(C)CCCS(=O)(=O)O. The van der Waals surface area contributed by atoms with E-state index in [0.717, 1.165) is 0 Å². The molecule has 0 saturated carbocycles. The molecule has 0 aromatic carbocycles. The first-order chi connectivity index (χ1) is 6.24. The van der Waals surface area contributed by atoms with Crippen LogP contribution < -0.4 is 0 Å². The number of thiocarbonyl (C=S) groups is 1. The van der Waals surface area contributed by atoms with Gasteiger partial charge in [-0.2, -0.15) is 8.42 Å². The molecule has 0 aliphatic rings. The Morgan fingerprint density at radius 2 is 1.86 bits per heavy atom. The van der Waals surface area contributed by atoms with E-state index in [-0.39, 0.29) is 5.75 Å². The lowest BCUT2D eigenvalue weighted by Gasteiger charge is -2.24. The Balaban J connectivity index is 3.86. The summed E-state index contributed by atoms with van der Waals surface area (Å²) in [5, 5.41) is 0.639. The van der Waals surface area contributed by atoms with Gasteiger partial charge in [-0.1, -0.05) is 0 Å². The molecule has 0 spiro atoms. The van der Waals surface area contributed by atoms with Crippen molar-refractivity contribution in [2.45, 2.75) is 6.42 Å². The van der Waals surface area contributed by atoms with Gasteiger partial charge in [-0.3, -0.25) is 4.55 Å². The standard InChI is InChI=1S/C7H16N2O3S2/c1-8(2)7(13)9(3)5-4-6-14(10,11)12/h4-6H2,1-3H3,(H,10,11,12). The van der Waals surface area contributed by atoms with Gasteiger partial charge in [0.1, 0.15) is 0 Å². The highest BCUT2D eigenvalue weighted by Crippen LogP contribution is 1.96. The van der Waals surface area contributed by atoms with E-state index in [1.807, 2.05) is 14.1 Å². The van der Waals surface area contributed by atoms with Gasteiger partial charge in [0.15, 0.2) is 5.11 Å². The van der Waals surface area contributed by atoms with Crippen molar-refractivity contribution in [1.29, 1.82) is 0 Å². The van der Waals surface area contributed by atoms with Gasteiger partial charge >= 0.3 is 0 Å². The maximum Gasteiger partial charge on any atom is 0.264 e. The number of nitrogens with zero attached hydrogens (tertiary/aromatic N) is 2. The normalized spacial score (nSPS) is 11.1. The summed E-state index contributed by atoms with van der Waals surface area (Å²) in [5.74, 6) is -0.229. The van der Waals surface area contributed by atoms with E-state index in [1.54, 1.807) is 16.8 Å². The van der Waals surface area contributed by atoms with Crippen molar-refractivity contribution in [2.75, 3.05) is 33.4 Å². The van der Waals surface area contributed by atoms with Gasteiger partial charge in [0.05, 0.1) is 5.75 Å². The second-order valence-corrected chi connectivity index (χ2v) is 5.18. The second-order valence-electron chi connectivity index (χ2n) is 3.24. The molecule has 84 valence electrons. The molecule has 0 rings (SSSR count). The Bertz CT molecular complexity index is 287. The van der Waals surface area contributed by atoms with Crippen LogP contribution in [0.4, 0.5) is 0 Å². The molecule has 0 unspecified atom stereocenters. The molecule has 0 fully saturated rings. The lowest BCUT2D eigenvalue weighted by molar-refractivity contribution is 0.430. The molecule has 0 saturated heterocycles. The maximum absolute atomic E-state index is 10.4. The molecule has 0 atom stereocenters. The van der Waals surface area contributed by atoms with Gasteiger partial charge in [0, 0.05) is 27.7 Å². The zero-order valence-electron chi connectivity index (χ0n) is 8.60. The lowest BCUT2D eigenvalue weighted by atomic mass is 10.4. The fourth-order valence-corrected chi connectivity index (χ4v) is 1.51. The summed E-state index contributed by atoms with van der Waals surface area (Å²) in [4.78, 5) is 3.53. The topological polar surface area (TPSA) is 60.9 Å². The van der Waals surface area contributed by atoms with Crippen molar-refractivity contribution < 1.29 is 13.0 Å². The number of hydrogen-bond acceptors (Lipinski definition) is 3. The predicted octanol–water partition coefficient (Wildman–Crippen LogP) is 0.0426. The highest BCUT2D eigenvalue weighted by Gasteiger charge is 2.08. The first-order valence-corrected chi connectivity index (χ1v) is 6.13. The minimum atomic E-state index is -3.85. The van der Waals surface area contributed by atoms with Crippen molar-refractivity contribution in [3.63, 3.8) is 0 Å². The van der Waals surface area contributed by atoms with E-state index in [1.165, 1.54) is 0 Å². The predicted molar refractivity (Wildman–Crippen MR) is 59.9 cm³/mol. The Kier molecular flexibility index (Phi) is 5.32. The Labute approximate surface area is 90.4 Å². The van der Waals surface area contributed by atoms with Crippen LogP contribution in [-0.4, -0.2) is 61.3 Å². The van der Waals surface area contributed by atoms with Crippen molar-refractivity contribution >= 4 is 27.4 Å². The summed E-state index contributed by atoms with van der Waals surface area (Å²) in [5.41, 5.74) is 0. The summed E-state index contributed by atoms with van der Waals surface area (Å²) < 4.78 is 29.3. The largest absolute Gasteiger partial charge is 0.355 e. The highest BCUT2D eigenvalue weighted by atomic mass is 32.2. The van der Waals surface area contributed by atoms with Crippen LogP contribution in [0, 0.1) is 0 Å². The third kappa shape index (κ3) is 6.11. The van der Waals surface area contributed by atoms with Crippen LogP contribution in [0.15, 0.2) is 0 Å². The van der Waals surface area contributed by atoms with Gasteiger partial charge in [0.25, 0.3) is 10.1 Å². The van der Waals surface area contributed by atoms with Gasteiger partial charge in [-0.15, -0.1) is 0 Å². The van der Waals surface area contributed by atoms with E-state index < -0.39 is 10.1 Å². The van der Waals surface area contributed by atoms with Gasteiger partial charge in [0.2, 0.25) is 0 Å². The molecule has 0 aliphatic carbocycles. The van der Waals surface area contributed by atoms with Gasteiger partial charge in [-0.05, 0) is 18.6 Å². The van der Waals surface area contributed by atoms with Crippen LogP contribution in [0.2, 0.25) is 0 Å². The average Bonchev–Trinajstić information content (AvgIpc) is 2.00. The molecular formula is C7H16N2O3S2. The molecule has 5 nitrogen and oxygen atoms in total. The fourth-order valence-electron chi connectivity index (χ4n) is 0.921. The first-order valence-electron chi connectivity index (χ1n) is 4.11. The molecular weight excluding hydrogens is 224 g/mol. The monoisotopic (exact) mass is 240 g/mol. The van der Waals surface area contributed by atoms with Crippen LogP contribution in [-0.2, 0) is 10.1 Å². The molecule has 0 bridgehead atoms. The van der Waals surface area contributed by atoms with Crippen LogP contribution >= 0.6 is 12.2 Å². The third-order valence-corrected chi connectivity index (χ3v) is 3.09. The molecule has 0 aromatic rings. The fraction of sp³-hybridized carbons (Fsp3) is 0.857. The van der Waals surface area contributed by atoms with Gasteiger partial charge in [-0.25, -0.2) is 0 Å². The zero-order chi connectivity index (χ0) is 11.4. The van der Waals surface area contributed by atoms with E-state index in [2.05, 4.69) is 0 Å². The average molecular weight is 240 g/mol. The Morgan fingerprint density at radius 1 is 1.36 bits per heavy atom. The first kappa shape index (κ1) is 13.6. The van der Waals surface area contributed by atoms with Crippen LogP contribution in [0.25, 0.3) is 0 Å². The number of rotatable bonds is 4. The summed E-state index contributed by atoms with van der Waals surface area (Å²) in [7, 11) is 1.58. The molecule has 0 heterocycles. The van der Waals surface area contributed by atoms with Crippen LogP contribution in [0.3, 0.4) is 0 Å². The van der Waals surface area contributed by atoms with E-state index >= 15 is 0 Å². The van der Waals surface area contributed by atoms with Crippen LogP contribution in [0.1, 0.15) is 6.42 Å². The molecule has 0 amide bonds. The molecule has 0 radical (unpaired) electrons. The smallest absolute Gasteiger partial charge is 0.264 e. The number of hydrogen-bond donors (Lipinski definition) is 1. The van der Waals surface area contributed by atoms with Gasteiger partial charge < -0.3 is 9.80 Å². The second kappa shape index (κ2) is 5.47. The van der Waals surface area contributed by atoms with Crippen LogP contribution in [0.5, 0.6) is 0 Å². The van der Waals surface area contributed by atoms with Crippen molar-refractivity contribution in [2.24, 2.45) is 0 Å². The molecule has 14 heavy (non-hydrogen) atoms. The Hall–Kier alpha value is -0.400. The van der Waals surface area contributed by atoms with Crippen molar-refractivity contribution in [3.05, 3.63) is 0 Å². The maximum atomic E-state index is 10.4. The van der Waals surface area contributed by atoms with E-state index in [0.29, 0.717) is 18.1 Å². The minimum Gasteiger partial charge on any atom is -0.355 e. The van der Waals surface area contributed by atoms with E-state index in [4.69, 9.17) is 16.8 Å². The third-order valence-electron chi connectivity index (χ3n) is 1.60. The summed E-state index contributed by atoms with van der Waals surface area (Å²) in [6, 6.07) is 0. The lowest BCUT2D eigenvalue weighted by Crippen LogP contribution is -2.37. The zero-order valence-corrected chi connectivity index (χ0v) is 10.2. The highest BCUT2D eigenvalue weighted by molar-refractivity contribution is 7.85. The molecule has 0 aromatic heterocycles. The molecule has 0 aliphatic heterocycles. The minimum absolute atomic E-state index is 0.229. The van der Waals surface area contributed by atoms with E-state index in [9.17, 15) is 8.42 Å². The summed E-state index contributed by atoms with van der Waals surface area (Å²) in [6.07, 6.45) is 0.364. The summed E-state index contributed by atoms with van der Waals surface area (Å²) in [6.45, 7) is 0.511. The van der Waals surface area contributed by atoms with Crippen molar-refractivity contribution in [1.82, 2.24) is 9.80 Å².